The number of allylic oxidation sites excluding steroid dienone is 3. The van der Waals surface area contributed by atoms with Crippen molar-refractivity contribution in [2.75, 3.05) is 0 Å². The highest BCUT2D eigenvalue weighted by molar-refractivity contribution is 5.86. The minimum absolute atomic E-state index is 0.193. The molecule has 0 aromatic heterocycles. The Morgan fingerprint density at radius 3 is 2.39 bits per heavy atom. The smallest absolute Gasteiger partial charge is 0.330 e. The first-order valence-electron chi connectivity index (χ1n) is 13.5. The molecule has 4 rings (SSSR count). The van der Waals surface area contributed by atoms with Gasteiger partial charge in [-0.25, -0.2) is 4.79 Å². The zero-order valence-corrected chi connectivity index (χ0v) is 22.1. The van der Waals surface area contributed by atoms with E-state index in [2.05, 4.69) is 41.5 Å². The van der Waals surface area contributed by atoms with Gasteiger partial charge in [0.05, 0.1) is 0 Å². The van der Waals surface area contributed by atoms with Crippen molar-refractivity contribution in [3.05, 3.63) is 22.8 Å². The first-order chi connectivity index (χ1) is 15.3. The van der Waals surface area contributed by atoms with E-state index >= 15 is 0 Å². The summed E-state index contributed by atoms with van der Waals surface area (Å²) < 4.78 is 0. The van der Waals surface area contributed by atoms with Gasteiger partial charge < -0.3 is 5.11 Å². The molecule has 2 fully saturated rings. The quantitative estimate of drug-likeness (QED) is 0.341. The van der Waals surface area contributed by atoms with Gasteiger partial charge in [-0.3, -0.25) is 4.79 Å². The minimum atomic E-state index is -0.800. The third-order valence-electron chi connectivity index (χ3n) is 11.7. The molecular formula is C30H46O3. The molecule has 3 nitrogen and oxygen atoms in total. The summed E-state index contributed by atoms with van der Waals surface area (Å²) in [7, 11) is 0. The van der Waals surface area contributed by atoms with E-state index in [1.165, 1.54) is 38.5 Å². The summed E-state index contributed by atoms with van der Waals surface area (Å²) in [5, 5.41) is 9.16. The van der Waals surface area contributed by atoms with Crippen LogP contribution >= 0.6 is 0 Å². The van der Waals surface area contributed by atoms with Crippen LogP contribution in [-0.4, -0.2) is 16.9 Å². The van der Waals surface area contributed by atoms with E-state index < -0.39 is 5.97 Å². The summed E-state index contributed by atoms with van der Waals surface area (Å²) >= 11 is 0. The van der Waals surface area contributed by atoms with E-state index in [1.807, 2.05) is 6.08 Å². The molecule has 0 spiro atoms. The van der Waals surface area contributed by atoms with Gasteiger partial charge in [-0.2, -0.15) is 0 Å². The fourth-order valence-electron chi connectivity index (χ4n) is 9.29. The van der Waals surface area contributed by atoms with E-state index in [9.17, 15) is 9.59 Å². The lowest BCUT2D eigenvalue weighted by molar-refractivity contribution is -0.139. The van der Waals surface area contributed by atoms with Gasteiger partial charge in [-0.05, 0) is 98.7 Å². The first-order valence-corrected chi connectivity index (χ1v) is 13.5. The lowest BCUT2D eigenvalue weighted by atomic mass is 9.43. The summed E-state index contributed by atoms with van der Waals surface area (Å²) in [5.74, 6) is 1.47. The minimum Gasteiger partial charge on any atom is -0.478 e. The fourth-order valence-corrected chi connectivity index (χ4v) is 9.29. The molecule has 0 amide bonds. The number of Topliss-reactive ketones (excluding diaryl/α,β-unsaturated/α-hetero) is 1. The molecule has 33 heavy (non-hydrogen) atoms. The Labute approximate surface area is 201 Å². The Morgan fingerprint density at radius 2 is 1.73 bits per heavy atom. The third kappa shape index (κ3) is 3.50. The molecule has 3 heteroatoms. The Morgan fingerprint density at radius 1 is 1.03 bits per heavy atom. The van der Waals surface area contributed by atoms with Crippen LogP contribution in [-0.2, 0) is 9.59 Å². The second kappa shape index (κ2) is 8.09. The van der Waals surface area contributed by atoms with Gasteiger partial charge in [0.15, 0.2) is 0 Å². The normalized spacial score (nSPS) is 41.3. The zero-order chi connectivity index (χ0) is 24.4. The average Bonchev–Trinajstić information content (AvgIpc) is 3.02. The van der Waals surface area contributed by atoms with Gasteiger partial charge in [-0.1, -0.05) is 58.8 Å². The van der Waals surface area contributed by atoms with Crippen LogP contribution in [0, 0.1) is 39.4 Å². The van der Waals surface area contributed by atoms with Crippen LogP contribution < -0.4 is 0 Å². The molecule has 0 aliphatic heterocycles. The van der Waals surface area contributed by atoms with Gasteiger partial charge in [0.25, 0.3) is 0 Å². The summed E-state index contributed by atoms with van der Waals surface area (Å²) in [6.45, 7) is 16.2. The molecule has 1 N–H and O–H groups in total. The molecule has 2 saturated carbocycles. The third-order valence-corrected chi connectivity index (χ3v) is 11.7. The number of carboxylic acid groups (broad SMARTS) is 1. The molecule has 6 atom stereocenters. The average molecular weight is 455 g/mol. The van der Waals surface area contributed by atoms with Crippen LogP contribution in [0.1, 0.15) is 113 Å². The monoisotopic (exact) mass is 454 g/mol. The number of fused-ring (bicyclic) bond motifs is 4. The molecular weight excluding hydrogens is 408 g/mol. The molecule has 184 valence electrons. The highest BCUT2D eigenvalue weighted by atomic mass is 16.4. The summed E-state index contributed by atoms with van der Waals surface area (Å²) in [5.41, 5.74) is 4.58. The highest BCUT2D eigenvalue weighted by Crippen LogP contribution is 2.72. The summed E-state index contributed by atoms with van der Waals surface area (Å²) in [4.78, 5) is 23.9. The Hall–Kier alpha value is -1.38. The predicted molar refractivity (Wildman–Crippen MR) is 134 cm³/mol. The number of ketones is 1. The van der Waals surface area contributed by atoms with Crippen molar-refractivity contribution in [2.24, 2.45) is 39.4 Å². The van der Waals surface area contributed by atoms with Crippen LogP contribution in [0.15, 0.2) is 22.8 Å². The Balaban J connectivity index is 1.61. The predicted octanol–water partition coefficient (Wildman–Crippen LogP) is 7.75. The molecule has 0 radical (unpaired) electrons. The number of aliphatic carboxylic acids is 1. The van der Waals surface area contributed by atoms with E-state index in [-0.39, 0.29) is 16.2 Å². The first kappa shape index (κ1) is 24.7. The lowest BCUT2D eigenvalue weighted by Gasteiger charge is -2.61. The number of rotatable bonds is 5. The van der Waals surface area contributed by atoms with Gasteiger partial charge in [0.2, 0.25) is 0 Å². The zero-order valence-electron chi connectivity index (χ0n) is 22.1. The van der Waals surface area contributed by atoms with Crippen molar-refractivity contribution < 1.29 is 14.7 Å². The van der Waals surface area contributed by atoms with E-state index in [1.54, 1.807) is 18.1 Å². The van der Waals surface area contributed by atoms with Crippen molar-refractivity contribution in [3.8, 4) is 0 Å². The second-order valence-electron chi connectivity index (χ2n) is 13.3. The van der Waals surface area contributed by atoms with E-state index in [4.69, 9.17) is 5.11 Å². The van der Waals surface area contributed by atoms with Gasteiger partial charge in [0, 0.05) is 17.4 Å². The lowest BCUT2D eigenvalue weighted by Crippen LogP contribution is -2.53. The largest absolute Gasteiger partial charge is 0.478 e. The molecule has 4 aliphatic carbocycles. The van der Waals surface area contributed by atoms with Gasteiger partial charge >= 0.3 is 5.97 Å². The van der Waals surface area contributed by atoms with Crippen LogP contribution in [0.4, 0.5) is 0 Å². The van der Waals surface area contributed by atoms with Crippen LogP contribution in [0.3, 0.4) is 0 Å². The molecule has 0 aromatic rings. The maximum atomic E-state index is 12.8. The summed E-state index contributed by atoms with van der Waals surface area (Å²) in [6.07, 6.45) is 13.0. The second-order valence-corrected chi connectivity index (χ2v) is 13.3. The van der Waals surface area contributed by atoms with Gasteiger partial charge in [-0.15, -0.1) is 0 Å². The SMILES string of the molecule is C/C(=C\CC[C@@H](C)[C@H]1CC[C@@]2(C)C3=C(CC[C@]12C)[C@@]1(C)CCC(=O)C(C)(C)C1CC3)C(=O)O. The van der Waals surface area contributed by atoms with Crippen molar-refractivity contribution in [2.45, 2.75) is 113 Å². The molecule has 0 aromatic carbocycles. The van der Waals surface area contributed by atoms with Crippen molar-refractivity contribution in [1.82, 2.24) is 0 Å². The standard InChI is InChI=1S/C30H46O3/c1-19(9-8-10-20(2)26(32)33)21-13-17-30(7)23-11-12-24-27(3,4)25(31)15-16-28(24,5)22(23)14-18-29(21,30)6/h10,19,21,24H,8-9,11-18H2,1-7H3,(H,32,33)/b20-10+/t19-,21-,24?,28-,29-,30+/m1/s1. The van der Waals surface area contributed by atoms with Crippen LogP contribution in [0.25, 0.3) is 0 Å². The van der Waals surface area contributed by atoms with Crippen LogP contribution in [0.2, 0.25) is 0 Å². The maximum absolute atomic E-state index is 12.8. The van der Waals surface area contributed by atoms with Crippen molar-refractivity contribution in [3.63, 3.8) is 0 Å². The number of hydrogen-bond acceptors (Lipinski definition) is 2. The number of carbonyl (C=O) groups is 2. The highest BCUT2D eigenvalue weighted by Gasteiger charge is 2.63. The Bertz CT molecular complexity index is 908. The molecule has 1 unspecified atom stereocenters. The molecule has 0 bridgehead atoms. The molecule has 0 saturated heterocycles. The van der Waals surface area contributed by atoms with Gasteiger partial charge in [0.1, 0.15) is 5.78 Å². The topological polar surface area (TPSA) is 54.4 Å². The fraction of sp³-hybridized carbons (Fsp3) is 0.800. The Kier molecular flexibility index (Phi) is 6.07. The molecule has 4 aliphatic rings. The van der Waals surface area contributed by atoms with E-state index in [0.29, 0.717) is 34.5 Å². The van der Waals surface area contributed by atoms with E-state index in [0.717, 1.165) is 25.7 Å². The summed E-state index contributed by atoms with van der Waals surface area (Å²) in [6, 6.07) is 0. The van der Waals surface area contributed by atoms with Crippen molar-refractivity contribution in [1.29, 1.82) is 0 Å². The maximum Gasteiger partial charge on any atom is 0.330 e. The number of carbonyl (C=O) groups excluding carboxylic acids is 1. The van der Waals surface area contributed by atoms with Crippen LogP contribution in [0.5, 0.6) is 0 Å². The van der Waals surface area contributed by atoms with Crippen molar-refractivity contribution >= 4 is 11.8 Å². The molecule has 0 heterocycles. The number of carboxylic acids is 1. The number of hydrogen-bond donors (Lipinski definition) is 1.